The van der Waals surface area contributed by atoms with E-state index in [1.165, 1.54) is 0 Å². The van der Waals surface area contributed by atoms with Gasteiger partial charge in [0.2, 0.25) is 0 Å². The molecule has 2 N–H and O–H groups in total. The molecule has 0 amide bonds. The van der Waals surface area contributed by atoms with Crippen molar-refractivity contribution in [1.82, 2.24) is 5.32 Å². The number of nitrogens with one attached hydrogen (secondary N) is 1. The van der Waals surface area contributed by atoms with Gasteiger partial charge in [-0.2, -0.15) is 0 Å². The fourth-order valence-corrected chi connectivity index (χ4v) is 2.29. The summed E-state index contributed by atoms with van der Waals surface area (Å²) in [6, 6.07) is 7.87. The first-order valence-corrected chi connectivity index (χ1v) is 6.52. The second-order valence-electron chi connectivity index (χ2n) is 4.90. The van der Waals surface area contributed by atoms with Gasteiger partial charge in [0.1, 0.15) is 5.54 Å². The summed E-state index contributed by atoms with van der Waals surface area (Å²) in [5.41, 5.74) is 0.812. The van der Waals surface area contributed by atoms with E-state index in [4.69, 9.17) is 0 Å². The van der Waals surface area contributed by atoms with Crippen LogP contribution in [-0.2, 0) is 10.3 Å². The lowest BCUT2D eigenvalue weighted by atomic mass is 9.87. The fraction of sp³-hybridized carbons (Fsp3) is 0.533. The SMILES string of the molecule is CCC(CC)NC(C)(C(=O)O)c1ccccc1C. The lowest BCUT2D eigenvalue weighted by Crippen LogP contribution is -2.51. The van der Waals surface area contributed by atoms with E-state index in [0.29, 0.717) is 0 Å². The lowest BCUT2D eigenvalue weighted by Gasteiger charge is -2.32. The van der Waals surface area contributed by atoms with Gasteiger partial charge in [-0.05, 0) is 37.8 Å². The molecule has 18 heavy (non-hydrogen) atoms. The van der Waals surface area contributed by atoms with Crippen LogP contribution in [-0.4, -0.2) is 17.1 Å². The van der Waals surface area contributed by atoms with Crippen LogP contribution in [0, 0.1) is 6.92 Å². The van der Waals surface area contributed by atoms with Crippen molar-refractivity contribution in [1.29, 1.82) is 0 Å². The number of benzene rings is 1. The summed E-state index contributed by atoms with van der Waals surface area (Å²) >= 11 is 0. The van der Waals surface area contributed by atoms with Crippen molar-refractivity contribution in [2.45, 2.75) is 52.1 Å². The molecule has 0 saturated heterocycles. The minimum atomic E-state index is -1.03. The summed E-state index contributed by atoms with van der Waals surface area (Å²) in [6.45, 7) is 7.84. The average Bonchev–Trinajstić information content (AvgIpc) is 2.36. The van der Waals surface area contributed by atoms with E-state index in [0.717, 1.165) is 24.0 Å². The molecule has 0 radical (unpaired) electrons. The Kier molecular flexibility index (Phi) is 4.91. The molecule has 3 heteroatoms. The van der Waals surface area contributed by atoms with Crippen LogP contribution in [0.25, 0.3) is 0 Å². The highest BCUT2D eigenvalue weighted by Crippen LogP contribution is 2.26. The number of hydrogen-bond acceptors (Lipinski definition) is 2. The van der Waals surface area contributed by atoms with E-state index < -0.39 is 11.5 Å². The first kappa shape index (κ1) is 14.7. The van der Waals surface area contributed by atoms with Crippen LogP contribution in [0.1, 0.15) is 44.7 Å². The van der Waals surface area contributed by atoms with Gasteiger partial charge in [0, 0.05) is 6.04 Å². The minimum Gasteiger partial charge on any atom is -0.480 e. The Morgan fingerprint density at radius 3 is 2.33 bits per heavy atom. The molecule has 1 unspecified atom stereocenters. The number of carboxylic acids is 1. The zero-order valence-electron chi connectivity index (χ0n) is 11.7. The smallest absolute Gasteiger partial charge is 0.328 e. The molecule has 0 bridgehead atoms. The second-order valence-corrected chi connectivity index (χ2v) is 4.90. The number of aliphatic carboxylic acids is 1. The molecule has 0 fully saturated rings. The first-order chi connectivity index (χ1) is 8.45. The van der Waals surface area contributed by atoms with Crippen LogP contribution < -0.4 is 5.32 Å². The molecule has 0 spiro atoms. The van der Waals surface area contributed by atoms with Gasteiger partial charge in [0.05, 0.1) is 0 Å². The van der Waals surface area contributed by atoms with E-state index in [2.05, 4.69) is 19.2 Å². The van der Waals surface area contributed by atoms with Gasteiger partial charge < -0.3 is 5.11 Å². The molecular formula is C15H23NO2. The summed E-state index contributed by atoms with van der Waals surface area (Å²) in [5, 5.41) is 12.9. The Labute approximate surface area is 109 Å². The predicted molar refractivity (Wildman–Crippen MR) is 73.7 cm³/mol. The van der Waals surface area contributed by atoms with Gasteiger partial charge in [-0.25, -0.2) is 4.79 Å². The molecule has 3 nitrogen and oxygen atoms in total. The zero-order chi connectivity index (χ0) is 13.8. The maximum Gasteiger partial charge on any atom is 0.328 e. The summed E-state index contributed by atoms with van der Waals surface area (Å²) in [4.78, 5) is 11.7. The van der Waals surface area contributed by atoms with E-state index >= 15 is 0 Å². The van der Waals surface area contributed by atoms with Crippen molar-refractivity contribution in [2.75, 3.05) is 0 Å². The van der Waals surface area contributed by atoms with Gasteiger partial charge in [0.15, 0.2) is 0 Å². The first-order valence-electron chi connectivity index (χ1n) is 6.52. The maximum absolute atomic E-state index is 11.7. The summed E-state index contributed by atoms with van der Waals surface area (Å²) in [5.74, 6) is -0.830. The third-order valence-corrected chi connectivity index (χ3v) is 3.59. The molecule has 0 saturated carbocycles. The van der Waals surface area contributed by atoms with E-state index in [-0.39, 0.29) is 6.04 Å². The highest BCUT2D eigenvalue weighted by Gasteiger charge is 2.37. The molecule has 0 aliphatic carbocycles. The topological polar surface area (TPSA) is 49.3 Å². The number of carboxylic acid groups (broad SMARTS) is 1. The second kappa shape index (κ2) is 6.01. The molecule has 0 aliphatic rings. The maximum atomic E-state index is 11.7. The number of aryl methyl sites for hydroxylation is 1. The number of rotatable bonds is 6. The average molecular weight is 249 g/mol. The van der Waals surface area contributed by atoms with Crippen LogP contribution >= 0.6 is 0 Å². The molecule has 1 aromatic carbocycles. The molecular weight excluding hydrogens is 226 g/mol. The van der Waals surface area contributed by atoms with E-state index in [1.54, 1.807) is 6.92 Å². The van der Waals surface area contributed by atoms with Crippen molar-refractivity contribution < 1.29 is 9.90 Å². The van der Waals surface area contributed by atoms with Gasteiger partial charge in [-0.1, -0.05) is 38.1 Å². The Bertz CT molecular complexity index is 413. The fourth-order valence-electron chi connectivity index (χ4n) is 2.29. The standard InChI is InChI=1S/C15H23NO2/c1-5-12(6-2)16-15(4,14(17)18)13-10-8-7-9-11(13)3/h7-10,12,16H,5-6H2,1-4H3,(H,17,18). The lowest BCUT2D eigenvalue weighted by molar-refractivity contribution is -0.145. The van der Waals surface area contributed by atoms with E-state index in [9.17, 15) is 9.90 Å². The van der Waals surface area contributed by atoms with Gasteiger partial charge in [-0.15, -0.1) is 0 Å². The van der Waals surface area contributed by atoms with Crippen molar-refractivity contribution in [3.8, 4) is 0 Å². The predicted octanol–water partition coefficient (Wildman–Crippen LogP) is 3.07. The van der Waals surface area contributed by atoms with Crippen LogP contribution in [0.3, 0.4) is 0 Å². The van der Waals surface area contributed by atoms with Crippen molar-refractivity contribution in [3.63, 3.8) is 0 Å². The zero-order valence-corrected chi connectivity index (χ0v) is 11.7. The van der Waals surface area contributed by atoms with E-state index in [1.807, 2.05) is 31.2 Å². The molecule has 1 rings (SSSR count). The summed E-state index contributed by atoms with van der Waals surface area (Å²) < 4.78 is 0. The Morgan fingerprint density at radius 2 is 1.89 bits per heavy atom. The quantitative estimate of drug-likeness (QED) is 0.814. The highest BCUT2D eigenvalue weighted by molar-refractivity contribution is 5.80. The third kappa shape index (κ3) is 2.91. The van der Waals surface area contributed by atoms with Crippen LogP contribution in [0.5, 0.6) is 0 Å². The largest absolute Gasteiger partial charge is 0.480 e. The van der Waals surface area contributed by atoms with Crippen molar-refractivity contribution >= 4 is 5.97 Å². The monoisotopic (exact) mass is 249 g/mol. The van der Waals surface area contributed by atoms with Crippen LogP contribution in [0.15, 0.2) is 24.3 Å². The third-order valence-electron chi connectivity index (χ3n) is 3.59. The van der Waals surface area contributed by atoms with Gasteiger partial charge >= 0.3 is 5.97 Å². The number of hydrogen-bond donors (Lipinski definition) is 2. The molecule has 1 atom stereocenters. The van der Waals surface area contributed by atoms with Gasteiger partial charge in [0.25, 0.3) is 0 Å². The molecule has 0 aromatic heterocycles. The Morgan fingerprint density at radius 1 is 1.33 bits per heavy atom. The normalized spacial score (nSPS) is 14.5. The molecule has 1 aromatic rings. The molecule has 0 heterocycles. The van der Waals surface area contributed by atoms with Crippen LogP contribution in [0.4, 0.5) is 0 Å². The molecule has 0 aliphatic heterocycles. The van der Waals surface area contributed by atoms with Crippen molar-refractivity contribution in [3.05, 3.63) is 35.4 Å². The highest BCUT2D eigenvalue weighted by atomic mass is 16.4. The number of carbonyl (C=O) groups is 1. The van der Waals surface area contributed by atoms with Crippen molar-refractivity contribution in [2.24, 2.45) is 0 Å². The Balaban J connectivity index is 3.16. The minimum absolute atomic E-state index is 0.214. The molecule has 100 valence electrons. The summed E-state index contributed by atoms with van der Waals surface area (Å²) in [6.07, 6.45) is 1.84. The van der Waals surface area contributed by atoms with Crippen LogP contribution in [0.2, 0.25) is 0 Å². The summed E-state index contributed by atoms with van der Waals surface area (Å²) in [7, 11) is 0. The van der Waals surface area contributed by atoms with Gasteiger partial charge in [-0.3, -0.25) is 5.32 Å². The Hall–Kier alpha value is -1.35.